The SMILES string of the molecule is CC1CNCC(c2nc(-c3c(F)cc(F)cc3OC(O)(O)O)cs2)O1. The molecule has 0 radical (unpaired) electrons. The van der Waals surface area contributed by atoms with E-state index in [1.807, 2.05) is 6.92 Å². The van der Waals surface area contributed by atoms with Crippen molar-refractivity contribution in [3.8, 4) is 17.0 Å². The van der Waals surface area contributed by atoms with Crippen LogP contribution in [0.15, 0.2) is 17.5 Å². The molecule has 136 valence electrons. The summed E-state index contributed by atoms with van der Waals surface area (Å²) in [7, 11) is 0. The zero-order chi connectivity index (χ0) is 18.2. The van der Waals surface area contributed by atoms with Crippen LogP contribution in [0.1, 0.15) is 18.0 Å². The van der Waals surface area contributed by atoms with Crippen LogP contribution in [0.25, 0.3) is 11.3 Å². The molecular weight excluding hydrogens is 358 g/mol. The molecule has 0 amide bonds. The van der Waals surface area contributed by atoms with Gasteiger partial charge >= 0.3 is 6.16 Å². The fourth-order valence-electron chi connectivity index (χ4n) is 2.52. The van der Waals surface area contributed by atoms with Crippen molar-refractivity contribution in [1.29, 1.82) is 0 Å². The number of ether oxygens (including phenoxy) is 2. The van der Waals surface area contributed by atoms with E-state index < -0.39 is 23.5 Å². The molecule has 0 saturated carbocycles. The number of nitrogens with one attached hydrogen (secondary N) is 1. The molecule has 10 heteroatoms. The smallest absolute Gasteiger partial charge is 0.416 e. The van der Waals surface area contributed by atoms with E-state index in [-0.39, 0.29) is 23.5 Å². The van der Waals surface area contributed by atoms with E-state index in [4.69, 9.17) is 20.1 Å². The minimum Gasteiger partial charge on any atom is -0.416 e. The van der Waals surface area contributed by atoms with Crippen LogP contribution < -0.4 is 10.1 Å². The van der Waals surface area contributed by atoms with E-state index in [1.54, 1.807) is 0 Å². The van der Waals surface area contributed by atoms with Gasteiger partial charge in [0, 0.05) is 30.6 Å². The highest BCUT2D eigenvalue weighted by Crippen LogP contribution is 2.37. The predicted octanol–water partition coefficient (Wildman–Crippen LogP) is 1.10. The maximum absolute atomic E-state index is 14.2. The van der Waals surface area contributed by atoms with Gasteiger partial charge in [-0.15, -0.1) is 11.3 Å². The molecule has 0 bridgehead atoms. The topological polar surface area (TPSA) is 104 Å². The molecule has 25 heavy (non-hydrogen) atoms. The fourth-order valence-corrected chi connectivity index (χ4v) is 3.36. The van der Waals surface area contributed by atoms with Gasteiger partial charge in [-0.05, 0) is 6.92 Å². The third kappa shape index (κ3) is 4.29. The number of halogens is 2. The van der Waals surface area contributed by atoms with Gasteiger partial charge in [0.15, 0.2) is 0 Å². The van der Waals surface area contributed by atoms with Crippen LogP contribution >= 0.6 is 11.3 Å². The van der Waals surface area contributed by atoms with E-state index in [1.165, 1.54) is 16.7 Å². The minimum atomic E-state index is -3.58. The molecule has 1 aromatic heterocycles. The minimum absolute atomic E-state index is 0.00802. The Kier molecular flexibility index (Phi) is 5.00. The molecule has 2 unspecified atom stereocenters. The zero-order valence-electron chi connectivity index (χ0n) is 13.1. The molecule has 1 aliphatic heterocycles. The monoisotopic (exact) mass is 374 g/mol. The highest BCUT2D eigenvalue weighted by Gasteiger charge is 2.28. The van der Waals surface area contributed by atoms with Crippen LogP contribution in [-0.4, -0.2) is 45.7 Å². The zero-order valence-corrected chi connectivity index (χ0v) is 13.9. The summed E-state index contributed by atoms with van der Waals surface area (Å²) >= 11 is 1.21. The third-order valence-corrected chi connectivity index (χ3v) is 4.41. The number of aromatic nitrogens is 1. The highest BCUT2D eigenvalue weighted by atomic mass is 32.1. The lowest BCUT2D eigenvalue weighted by Crippen LogP contribution is -2.38. The van der Waals surface area contributed by atoms with Gasteiger partial charge in [0.2, 0.25) is 0 Å². The van der Waals surface area contributed by atoms with E-state index in [0.717, 1.165) is 6.07 Å². The molecule has 3 rings (SSSR count). The second-order valence-corrected chi connectivity index (χ2v) is 6.49. The summed E-state index contributed by atoms with van der Waals surface area (Å²) < 4.78 is 37.9. The van der Waals surface area contributed by atoms with Gasteiger partial charge in [0.1, 0.15) is 28.5 Å². The summed E-state index contributed by atoms with van der Waals surface area (Å²) in [6.45, 7) is 3.16. The van der Waals surface area contributed by atoms with Crippen LogP contribution in [0.5, 0.6) is 5.75 Å². The van der Waals surface area contributed by atoms with Crippen molar-refractivity contribution in [2.24, 2.45) is 0 Å². The number of nitrogens with zero attached hydrogens (tertiary/aromatic N) is 1. The quantitative estimate of drug-likeness (QED) is 0.594. The summed E-state index contributed by atoms with van der Waals surface area (Å²) in [5, 5.41) is 32.2. The van der Waals surface area contributed by atoms with Gasteiger partial charge in [-0.2, -0.15) is 0 Å². The molecular formula is C15H16F2N2O5S. The Hall–Kier alpha value is -1.69. The van der Waals surface area contributed by atoms with Crippen LogP contribution in [0.3, 0.4) is 0 Å². The van der Waals surface area contributed by atoms with Crippen molar-refractivity contribution >= 4 is 11.3 Å². The third-order valence-electron chi connectivity index (χ3n) is 3.48. The second-order valence-electron chi connectivity index (χ2n) is 5.60. The normalized spacial score (nSPS) is 21.4. The van der Waals surface area contributed by atoms with Crippen LogP contribution in [0.4, 0.5) is 8.78 Å². The van der Waals surface area contributed by atoms with Gasteiger partial charge < -0.3 is 30.1 Å². The number of hydrogen-bond donors (Lipinski definition) is 4. The Morgan fingerprint density at radius 3 is 2.76 bits per heavy atom. The molecule has 4 N–H and O–H groups in total. The van der Waals surface area contributed by atoms with Gasteiger partial charge in [-0.1, -0.05) is 0 Å². The van der Waals surface area contributed by atoms with Crippen LogP contribution in [0.2, 0.25) is 0 Å². The molecule has 1 saturated heterocycles. The van der Waals surface area contributed by atoms with Crippen molar-refractivity contribution < 1.29 is 33.6 Å². The van der Waals surface area contributed by atoms with Crippen molar-refractivity contribution in [2.75, 3.05) is 13.1 Å². The van der Waals surface area contributed by atoms with Crippen molar-refractivity contribution in [3.63, 3.8) is 0 Å². The van der Waals surface area contributed by atoms with Crippen molar-refractivity contribution in [1.82, 2.24) is 10.3 Å². The highest BCUT2D eigenvalue weighted by molar-refractivity contribution is 7.10. The van der Waals surface area contributed by atoms with Gasteiger partial charge in [-0.25, -0.2) is 13.8 Å². The van der Waals surface area contributed by atoms with Crippen LogP contribution in [-0.2, 0) is 4.74 Å². The molecule has 1 fully saturated rings. The number of benzene rings is 1. The number of thiazole rings is 1. The lowest BCUT2D eigenvalue weighted by Gasteiger charge is -2.27. The first-order valence-corrected chi connectivity index (χ1v) is 8.28. The summed E-state index contributed by atoms with van der Waals surface area (Å²) in [5.74, 6) is -2.63. The Labute approximate surface area is 145 Å². The van der Waals surface area contributed by atoms with Crippen molar-refractivity contribution in [2.45, 2.75) is 25.3 Å². The number of aliphatic hydroxyl groups is 3. The summed E-state index contributed by atoms with van der Waals surface area (Å²) in [4.78, 5) is 4.29. The summed E-state index contributed by atoms with van der Waals surface area (Å²) in [5.41, 5.74) is -0.208. The first-order valence-electron chi connectivity index (χ1n) is 7.40. The molecule has 2 aromatic rings. The lowest BCUT2D eigenvalue weighted by molar-refractivity contribution is -0.419. The van der Waals surface area contributed by atoms with Gasteiger partial charge in [0.25, 0.3) is 0 Å². The fraction of sp³-hybridized carbons (Fsp3) is 0.400. The number of rotatable bonds is 4. The predicted molar refractivity (Wildman–Crippen MR) is 83.6 cm³/mol. The Bertz CT molecular complexity index is 765. The standard InChI is InChI=1S/C15H16F2N2O5S/c1-7-4-18-5-12(23-7)14-19-10(6-25-14)13-9(17)2-8(16)3-11(13)24-15(20,21)22/h2-3,6-7,12,18,20-22H,4-5H2,1H3. The Balaban J connectivity index is 1.96. The number of hydrogen-bond acceptors (Lipinski definition) is 8. The van der Waals surface area contributed by atoms with E-state index in [0.29, 0.717) is 24.2 Å². The molecule has 2 atom stereocenters. The van der Waals surface area contributed by atoms with E-state index >= 15 is 0 Å². The second kappa shape index (κ2) is 6.90. The maximum Gasteiger partial charge on any atom is 0.453 e. The average Bonchev–Trinajstić information content (AvgIpc) is 2.94. The Morgan fingerprint density at radius 2 is 2.08 bits per heavy atom. The molecule has 1 aliphatic rings. The molecule has 0 spiro atoms. The largest absolute Gasteiger partial charge is 0.453 e. The lowest BCUT2D eigenvalue weighted by atomic mass is 10.1. The first kappa shape index (κ1) is 18.1. The molecule has 2 heterocycles. The molecule has 7 nitrogen and oxygen atoms in total. The maximum atomic E-state index is 14.2. The Morgan fingerprint density at radius 1 is 1.32 bits per heavy atom. The van der Waals surface area contributed by atoms with E-state index in [2.05, 4.69) is 15.0 Å². The van der Waals surface area contributed by atoms with Gasteiger partial charge in [0.05, 0.1) is 17.4 Å². The first-order chi connectivity index (χ1) is 11.7. The summed E-state index contributed by atoms with van der Waals surface area (Å²) in [6, 6.07) is 1.32. The average molecular weight is 374 g/mol. The van der Waals surface area contributed by atoms with Crippen molar-refractivity contribution in [3.05, 3.63) is 34.2 Å². The van der Waals surface area contributed by atoms with E-state index in [9.17, 15) is 8.78 Å². The number of morpholine rings is 1. The van der Waals surface area contributed by atoms with Gasteiger partial charge in [-0.3, -0.25) is 0 Å². The molecule has 0 aliphatic carbocycles. The summed E-state index contributed by atoms with van der Waals surface area (Å²) in [6.07, 6.45) is -3.91. The molecule has 1 aromatic carbocycles. The van der Waals surface area contributed by atoms with Crippen LogP contribution in [0, 0.1) is 11.6 Å².